The van der Waals surface area contributed by atoms with Crippen molar-refractivity contribution in [2.75, 3.05) is 11.9 Å². The molecule has 0 saturated heterocycles. The van der Waals surface area contributed by atoms with Crippen LogP contribution in [0.4, 0.5) is 11.5 Å². The van der Waals surface area contributed by atoms with Crippen molar-refractivity contribution in [1.82, 2.24) is 24.8 Å². The zero-order chi connectivity index (χ0) is 23.5. The van der Waals surface area contributed by atoms with Crippen LogP contribution < -0.4 is 10.6 Å². The van der Waals surface area contributed by atoms with Crippen molar-refractivity contribution in [2.24, 2.45) is 0 Å². The fraction of sp³-hybridized carbons (Fsp3) is 0.478. The van der Waals surface area contributed by atoms with Crippen LogP contribution in [0, 0.1) is 6.92 Å². The van der Waals surface area contributed by atoms with E-state index in [1.807, 2.05) is 44.4 Å². The van der Waals surface area contributed by atoms with Crippen LogP contribution in [-0.2, 0) is 11.5 Å². The molecule has 3 heterocycles. The summed E-state index contributed by atoms with van der Waals surface area (Å²) in [5.41, 5.74) is 3.00. The quantitative estimate of drug-likeness (QED) is 0.378. The maximum Gasteiger partial charge on any atom is 0.255 e. The van der Waals surface area contributed by atoms with Gasteiger partial charge in [-0.05, 0) is 45.9 Å². The number of anilines is 2. The van der Waals surface area contributed by atoms with E-state index in [9.17, 15) is 4.79 Å². The number of carbonyl (C=O) groups excluding carboxylic acids is 1. The molecule has 0 aliphatic heterocycles. The van der Waals surface area contributed by atoms with Crippen molar-refractivity contribution in [1.29, 1.82) is 0 Å². The fourth-order valence-corrected chi connectivity index (χ4v) is 3.77. The predicted octanol–water partition coefficient (Wildman–Crippen LogP) is 4.72. The molecule has 0 aliphatic rings. The van der Waals surface area contributed by atoms with E-state index in [0.717, 1.165) is 17.4 Å². The third kappa shape index (κ3) is 6.61. The van der Waals surface area contributed by atoms with E-state index in [4.69, 9.17) is 9.72 Å². The van der Waals surface area contributed by atoms with Gasteiger partial charge in [0.25, 0.3) is 5.91 Å². The second-order valence-corrected chi connectivity index (χ2v) is 15.9. The lowest BCUT2D eigenvalue weighted by Gasteiger charge is -2.20. The number of fused-ring (bicyclic) bond motifs is 1. The first kappa shape index (κ1) is 23.9. The number of rotatable bonds is 8. The summed E-state index contributed by atoms with van der Waals surface area (Å²) in [7, 11) is -1.18. The molecule has 172 valence electrons. The topological polar surface area (TPSA) is 94.0 Å². The molecule has 3 aromatic heterocycles. The number of hydrogen-bond acceptors (Lipinski definition) is 6. The van der Waals surface area contributed by atoms with Crippen molar-refractivity contribution in [2.45, 2.75) is 65.6 Å². The summed E-state index contributed by atoms with van der Waals surface area (Å²) < 4.78 is 7.76. The number of hydrogen-bond donors (Lipinski definition) is 2. The molecule has 0 saturated carbocycles. The van der Waals surface area contributed by atoms with Gasteiger partial charge in [-0.25, -0.2) is 9.97 Å². The Bertz CT molecular complexity index is 1080. The molecule has 3 rings (SSSR count). The molecule has 0 aromatic carbocycles. The maximum atomic E-state index is 13.0. The van der Waals surface area contributed by atoms with Gasteiger partial charge < -0.3 is 19.9 Å². The van der Waals surface area contributed by atoms with E-state index in [2.05, 4.69) is 40.2 Å². The molecule has 0 bridgehead atoms. The van der Waals surface area contributed by atoms with Gasteiger partial charge in [0.05, 0.1) is 23.6 Å². The van der Waals surface area contributed by atoms with Crippen LogP contribution >= 0.6 is 0 Å². The molecule has 0 radical (unpaired) electrons. The van der Waals surface area contributed by atoms with Crippen molar-refractivity contribution >= 4 is 36.7 Å². The molecule has 8 nitrogen and oxygen atoms in total. The van der Waals surface area contributed by atoms with Gasteiger partial charge in [-0.1, -0.05) is 19.6 Å². The summed E-state index contributed by atoms with van der Waals surface area (Å²) in [4.78, 5) is 26.6. The first-order valence-electron chi connectivity index (χ1n) is 10.9. The minimum absolute atomic E-state index is 0.188. The van der Waals surface area contributed by atoms with Gasteiger partial charge in [-0.2, -0.15) is 0 Å². The Labute approximate surface area is 190 Å². The standard InChI is InChI=1S/C23H34N6O2Si/c1-16-8-9-17(12-24-16)26-19-13-25-21-20(27-19)18(22(30)28-23(2,3)4)14-29(21)15-31-10-11-32(5,6)7/h8-9,12-14H,10-11,15H2,1-7H3,(H,26,27)(H,28,30). The molecule has 2 N–H and O–H groups in total. The highest BCUT2D eigenvalue weighted by molar-refractivity contribution is 6.76. The Hall–Kier alpha value is -2.78. The molecule has 0 aliphatic carbocycles. The highest BCUT2D eigenvalue weighted by Gasteiger charge is 2.22. The summed E-state index contributed by atoms with van der Waals surface area (Å²) >= 11 is 0. The lowest BCUT2D eigenvalue weighted by Crippen LogP contribution is -2.40. The minimum atomic E-state index is -1.18. The number of pyridine rings is 1. The molecule has 0 fully saturated rings. The molecule has 1 amide bonds. The Morgan fingerprint density at radius 1 is 1.16 bits per heavy atom. The van der Waals surface area contributed by atoms with E-state index < -0.39 is 8.07 Å². The van der Waals surface area contributed by atoms with Gasteiger partial charge in [0.2, 0.25) is 0 Å². The molecule has 0 atom stereocenters. The predicted molar refractivity (Wildman–Crippen MR) is 131 cm³/mol. The van der Waals surface area contributed by atoms with E-state index in [-0.39, 0.29) is 11.4 Å². The zero-order valence-corrected chi connectivity index (χ0v) is 21.1. The Kier molecular flexibility index (Phi) is 6.99. The number of nitrogens with one attached hydrogen (secondary N) is 2. The number of ether oxygens (including phenoxy) is 1. The molecular weight excluding hydrogens is 420 g/mol. The summed E-state index contributed by atoms with van der Waals surface area (Å²) in [6, 6.07) is 4.93. The first-order valence-corrected chi connectivity index (χ1v) is 14.6. The van der Waals surface area contributed by atoms with Crippen molar-refractivity contribution in [3.05, 3.63) is 42.0 Å². The van der Waals surface area contributed by atoms with E-state index in [0.29, 0.717) is 35.9 Å². The number of aromatic nitrogens is 4. The van der Waals surface area contributed by atoms with Crippen LogP contribution in [0.3, 0.4) is 0 Å². The second-order valence-electron chi connectivity index (χ2n) is 10.3. The highest BCUT2D eigenvalue weighted by Crippen LogP contribution is 2.22. The average molecular weight is 455 g/mol. The molecular formula is C23H34N6O2Si. The first-order chi connectivity index (χ1) is 14.9. The molecule has 9 heteroatoms. The number of aryl methyl sites for hydroxylation is 1. The number of amides is 1. The van der Waals surface area contributed by atoms with Gasteiger partial charge in [0.1, 0.15) is 18.1 Å². The fourth-order valence-electron chi connectivity index (χ4n) is 3.02. The van der Waals surface area contributed by atoms with Crippen LogP contribution in [0.25, 0.3) is 11.2 Å². The second kappa shape index (κ2) is 9.38. The SMILES string of the molecule is Cc1ccc(Nc2cnc3c(n2)c(C(=O)NC(C)(C)C)cn3COCC[Si](C)(C)C)cn1. The van der Waals surface area contributed by atoms with Gasteiger partial charge in [-0.3, -0.25) is 9.78 Å². The van der Waals surface area contributed by atoms with Crippen LogP contribution in [0.1, 0.15) is 36.8 Å². The Morgan fingerprint density at radius 3 is 2.53 bits per heavy atom. The van der Waals surface area contributed by atoms with Crippen LogP contribution in [0.2, 0.25) is 25.7 Å². The number of nitrogens with zero attached hydrogens (tertiary/aromatic N) is 4. The summed E-state index contributed by atoms with van der Waals surface area (Å²) in [5, 5.41) is 6.23. The molecule has 0 spiro atoms. The largest absolute Gasteiger partial charge is 0.361 e. The van der Waals surface area contributed by atoms with Crippen molar-refractivity contribution < 1.29 is 9.53 Å². The summed E-state index contributed by atoms with van der Waals surface area (Å²) in [6.45, 7) is 15.8. The van der Waals surface area contributed by atoms with Crippen molar-refractivity contribution in [3.8, 4) is 0 Å². The normalized spacial score (nSPS) is 12.2. The minimum Gasteiger partial charge on any atom is -0.361 e. The molecule has 0 unspecified atom stereocenters. The van der Waals surface area contributed by atoms with E-state index in [1.54, 1.807) is 18.6 Å². The summed E-state index contributed by atoms with van der Waals surface area (Å²) in [5.74, 6) is 0.358. The maximum absolute atomic E-state index is 13.0. The third-order valence-electron chi connectivity index (χ3n) is 4.71. The van der Waals surface area contributed by atoms with Crippen molar-refractivity contribution in [3.63, 3.8) is 0 Å². The monoisotopic (exact) mass is 454 g/mol. The average Bonchev–Trinajstić information content (AvgIpc) is 3.03. The van der Waals surface area contributed by atoms with Crippen LogP contribution in [0.15, 0.2) is 30.7 Å². The highest BCUT2D eigenvalue weighted by atomic mass is 28.3. The number of carbonyl (C=O) groups is 1. The van der Waals surface area contributed by atoms with Gasteiger partial charge in [-0.15, -0.1) is 0 Å². The molecule has 32 heavy (non-hydrogen) atoms. The van der Waals surface area contributed by atoms with Gasteiger partial charge >= 0.3 is 0 Å². The Balaban J connectivity index is 1.90. The van der Waals surface area contributed by atoms with Crippen LogP contribution in [-0.4, -0.2) is 45.6 Å². The zero-order valence-electron chi connectivity index (χ0n) is 20.1. The summed E-state index contributed by atoms with van der Waals surface area (Å²) in [6.07, 6.45) is 5.18. The molecule has 3 aromatic rings. The van der Waals surface area contributed by atoms with Crippen LogP contribution in [0.5, 0.6) is 0 Å². The lowest BCUT2D eigenvalue weighted by molar-refractivity contribution is 0.0886. The smallest absolute Gasteiger partial charge is 0.255 e. The van der Waals surface area contributed by atoms with E-state index in [1.165, 1.54) is 0 Å². The lowest BCUT2D eigenvalue weighted by atomic mass is 10.1. The van der Waals surface area contributed by atoms with Gasteiger partial charge in [0.15, 0.2) is 5.65 Å². The Morgan fingerprint density at radius 2 is 1.91 bits per heavy atom. The third-order valence-corrected chi connectivity index (χ3v) is 6.41. The van der Waals surface area contributed by atoms with Gasteiger partial charge in [0, 0.05) is 32.1 Å². The van der Waals surface area contributed by atoms with E-state index >= 15 is 0 Å².